The van der Waals surface area contributed by atoms with Crippen molar-refractivity contribution >= 4 is 21.9 Å². The van der Waals surface area contributed by atoms with Crippen molar-refractivity contribution in [2.45, 2.75) is 6.92 Å². The molecule has 0 saturated carbocycles. The third kappa shape index (κ3) is 1.99. The number of nitrogens with one attached hydrogen (secondary N) is 1. The van der Waals surface area contributed by atoms with Gasteiger partial charge in [-0.25, -0.2) is 9.78 Å². The average Bonchev–Trinajstić information content (AvgIpc) is 2.71. The molecule has 0 aliphatic heterocycles. The van der Waals surface area contributed by atoms with E-state index in [4.69, 9.17) is 5.11 Å². The van der Waals surface area contributed by atoms with Crippen molar-refractivity contribution in [1.29, 1.82) is 0 Å². The van der Waals surface area contributed by atoms with Crippen molar-refractivity contribution < 1.29 is 9.90 Å². The summed E-state index contributed by atoms with van der Waals surface area (Å²) < 4.78 is 1.02. The third-order valence-corrected chi connectivity index (χ3v) is 3.13. The normalized spacial score (nSPS) is 10.4. The van der Waals surface area contributed by atoms with Crippen LogP contribution in [0, 0.1) is 6.92 Å². The van der Waals surface area contributed by atoms with E-state index in [9.17, 15) is 4.79 Å². The Morgan fingerprint density at radius 2 is 2.25 bits per heavy atom. The molecule has 82 valence electrons. The van der Waals surface area contributed by atoms with Gasteiger partial charge in [-0.2, -0.15) is 0 Å². The van der Waals surface area contributed by atoms with Crippen molar-refractivity contribution in [3.8, 4) is 11.4 Å². The number of benzene rings is 1. The highest BCUT2D eigenvalue weighted by Crippen LogP contribution is 2.22. The maximum atomic E-state index is 10.7. The highest BCUT2D eigenvalue weighted by atomic mass is 79.9. The second-order valence-corrected chi connectivity index (χ2v) is 4.27. The maximum Gasteiger partial charge on any atom is 0.353 e. The molecule has 2 aromatic rings. The quantitative estimate of drug-likeness (QED) is 0.889. The zero-order valence-electron chi connectivity index (χ0n) is 8.49. The summed E-state index contributed by atoms with van der Waals surface area (Å²) in [5.41, 5.74) is 2.04. The summed E-state index contributed by atoms with van der Waals surface area (Å²) in [5.74, 6) is -0.444. The molecule has 0 aliphatic rings. The number of imidazole rings is 1. The van der Waals surface area contributed by atoms with Gasteiger partial charge in [-0.1, -0.05) is 22.0 Å². The Balaban J connectivity index is 2.42. The van der Waals surface area contributed by atoms with Crippen molar-refractivity contribution in [3.05, 3.63) is 40.1 Å². The molecule has 16 heavy (non-hydrogen) atoms. The van der Waals surface area contributed by atoms with E-state index in [2.05, 4.69) is 25.9 Å². The Kier molecular flexibility index (Phi) is 2.78. The van der Waals surface area contributed by atoms with Gasteiger partial charge in [0.25, 0.3) is 0 Å². The Morgan fingerprint density at radius 1 is 1.50 bits per heavy atom. The number of carboxylic acid groups (broad SMARTS) is 1. The number of aromatic nitrogens is 2. The fourth-order valence-electron chi connectivity index (χ4n) is 1.37. The second kappa shape index (κ2) is 4.09. The van der Waals surface area contributed by atoms with Gasteiger partial charge in [0, 0.05) is 10.0 Å². The molecule has 0 unspecified atom stereocenters. The van der Waals surface area contributed by atoms with Crippen LogP contribution in [0.5, 0.6) is 0 Å². The fraction of sp³-hybridized carbons (Fsp3) is 0.0909. The van der Waals surface area contributed by atoms with E-state index < -0.39 is 5.97 Å². The number of rotatable bonds is 2. The lowest BCUT2D eigenvalue weighted by Gasteiger charge is -2.01. The van der Waals surface area contributed by atoms with E-state index in [1.807, 2.05) is 25.1 Å². The minimum atomic E-state index is -1.01. The number of aryl methyl sites for hydroxylation is 1. The molecule has 0 fully saturated rings. The van der Waals surface area contributed by atoms with Crippen LogP contribution in [0.25, 0.3) is 11.4 Å². The summed E-state index contributed by atoms with van der Waals surface area (Å²) in [4.78, 5) is 17.5. The molecular formula is C11H9BrN2O2. The molecule has 0 radical (unpaired) electrons. The molecule has 5 heteroatoms. The molecule has 0 spiro atoms. The Hall–Kier alpha value is -1.62. The van der Waals surface area contributed by atoms with Gasteiger partial charge in [0.15, 0.2) is 0 Å². The summed E-state index contributed by atoms with van der Waals surface area (Å²) in [6.45, 7) is 1.97. The molecule has 1 aromatic carbocycles. The lowest BCUT2D eigenvalue weighted by atomic mass is 10.1. The number of carboxylic acids is 1. The fourth-order valence-corrected chi connectivity index (χ4v) is 1.62. The van der Waals surface area contributed by atoms with Crippen LogP contribution in [0.15, 0.2) is 28.9 Å². The number of nitrogens with zero attached hydrogens (tertiary/aromatic N) is 1. The molecule has 0 atom stereocenters. The highest BCUT2D eigenvalue weighted by Gasteiger charge is 2.09. The van der Waals surface area contributed by atoms with Crippen LogP contribution < -0.4 is 0 Å². The summed E-state index contributed by atoms with van der Waals surface area (Å²) in [6.07, 6.45) is 1.31. The SMILES string of the molecule is Cc1cc(-c2ncc(C(=O)O)[nH]2)ccc1Br. The van der Waals surface area contributed by atoms with E-state index in [1.165, 1.54) is 6.20 Å². The predicted octanol–water partition coefficient (Wildman–Crippen LogP) is 2.85. The molecule has 1 aromatic heterocycles. The number of hydrogen-bond donors (Lipinski definition) is 2. The van der Waals surface area contributed by atoms with Crippen molar-refractivity contribution in [2.75, 3.05) is 0 Å². The van der Waals surface area contributed by atoms with Gasteiger partial charge in [-0.05, 0) is 24.6 Å². The Labute approximate surface area is 100 Å². The topological polar surface area (TPSA) is 66.0 Å². The second-order valence-electron chi connectivity index (χ2n) is 3.41. The van der Waals surface area contributed by atoms with E-state index in [0.717, 1.165) is 15.6 Å². The largest absolute Gasteiger partial charge is 0.477 e. The van der Waals surface area contributed by atoms with Crippen molar-refractivity contribution in [1.82, 2.24) is 9.97 Å². The van der Waals surface area contributed by atoms with Crippen LogP contribution in [0.4, 0.5) is 0 Å². The Bertz CT molecular complexity index is 549. The lowest BCUT2D eigenvalue weighted by molar-refractivity contribution is 0.0691. The lowest BCUT2D eigenvalue weighted by Crippen LogP contribution is -1.95. The minimum absolute atomic E-state index is 0.0931. The summed E-state index contributed by atoms with van der Waals surface area (Å²) >= 11 is 3.41. The van der Waals surface area contributed by atoms with Gasteiger partial charge >= 0.3 is 5.97 Å². The molecule has 0 saturated heterocycles. The zero-order chi connectivity index (χ0) is 11.7. The van der Waals surface area contributed by atoms with Gasteiger partial charge in [-0.15, -0.1) is 0 Å². The number of hydrogen-bond acceptors (Lipinski definition) is 2. The average molecular weight is 281 g/mol. The van der Waals surface area contributed by atoms with E-state index >= 15 is 0 Å². The molecule has 0 bridgehead atoms. The van der Waals surface area contributed by atoms with E-state index in [-0.39, 0.29) is 5.69 Å². The molecule has 1 heterocycles. The van der Waals surface area contributed by atoms with Crippen molar-refractivity contribution in [2.24, 2.45) is 0 Å². The monoisotopic (exact) mass is 280 g/mol. The molecule has 4 nitrogen and oxygen atoms in total. The zero-order valence-corrected chi connectivity index (χ0v) is 10.1. The number of H-pyrrole nitrogens is 1. The first-order chi connectivity index (χ1) is 7.58. The van der Waals surface area contributed by atoms with Crippen LogP contribution in [0.3, 0.4) is 0 Å². The summed E-state index contributed by atoms with van der Waals surface area (Å²) in [5, 5.41) is 8.77. The summed E-state index contributed by atoms with van der Waals surface area (Å²) in [6, 6.07) is 5.73. The van der Waals surface area contributed by atoms with Gasteiger partial charge in [0.05, 0.1) is 6.20 Å². The maximum absolute atomic E-state index is 10.7. The Morgan fingerprint density at radius 3 is 2.81 bits per heavy atom. The van der Waals surface area contributed by atoms with Crippen LogP contribution in [0.1, 0.15) is 16.1 Å². The molecule has 2 rings (SSSR count). The molecule has 2 N–H and O–H groups in total. The van der Waals surface area contributed by atoms with Crippen LogP contribution in [-0.4, -0.2) is 21.0 Å². The van der Waals surface area contributed by atoms with Gasteiger partial charge in [-0.3, -0.25) is 0 Å². The van der Waals surface area contributed by atoms with Crippen LogP contribution >= 0.6 is 15.9 Å². The predicted molar refractivity (Wildman–Crippen MR) is 63.4 cm³/mol. The first-order valence-corrected chi connectivity index (χ1v) is 5.42. The van der Waals surface area contributed by atoms with Crippen molar-refractivity contribution in [3.63, 3.8) is 0 Å². The van der Waals surface area contributed by atoms with E-state index in [0.29, 0.717) is 5.82 Å². The standard InChI is InChI=1S/C11H9BrN2O2/c1-6-4-7(2-3-8(6)12)10-13-5-9(14-10)11(15)16/h2-5H,1H3,(H,13,14)(H,15,16). The smallest absolute Gasteiger partial charge is 0.353 e. The molecule has 0 aliphatic carbocycles. The highest BCUT2D eigenvalue weighted by molar-refractivity contribution is 9.10. The number of aromatic carboxylic acids is 1. The summed E-state index contributed by atoms with van der Waals surface area (Å²) in [7, 11) is 0. The number of carbonyl (C=O) groups is 1. The first kappa shape index (κ1) is 10.9. The van der Waals surface area contributed by atoms with Gasteiger partial charge in [0.1, 0.15) is 11.5 Å². The molecular weight excluding hydrogens is 272 g/mol. The number of halogens is 1. The van der Waals surface area contributed by atoms with Gasteiger partial charge in [0.2, 0.25) is 0 Å². The molecule has 0 amide bonds. The first-order valence-electron chi connectivity index (χ1n) is 4.63. The third-order valence-electron chi connectivity index (χ3n) is 2.24. The number of aromatic amines is 1. The van der Waals surface area contributed by atoms with Crippen LogP contribution in [-0.2, 0) is 0 Å². The van der Waals surface area contributed by atoms with Gasteiger partial charge < -0.3 is 10.1 Å². The van der Waals surface area contributed by atoms with Crippen LogP contribution in [0.2, 0.25) is 0 Å². The van der Waals surface area contributed by atoms with E-state index in [1.54, 1.807) is 0 Å². The minimum Gasteiger partial charge on any atom is -0.477 e.